The van der Waals surface area contributed by atoms with E-state index < -0.39 is 0 Å². The second kappa shape index (κ2) is 7.67. The summed E-state index contributed by atoms with van der Waals surface area (Å²) in [5.41, 5.74) is 6.98. The lowest BCUT2D eigenvalue weighted by atomic mass is 10.1. The van der Waals surface area contributed by atoms with Crippen LogP contribution < -0.4 is 10.5 Å². The molecule has 0 aromatic heterocycles. The van der Waals surface area contributed by atoms with E-state index in [1.165, 1.54) is 0 Å². The standard InChI is InChI=1S/C15H24N2O2/c1-4-7-17(8-5-2)15(18)12-9-13(16)11-14(10-12)19-6-3/h9-11H,4-8,16H2,1-3H3. The molecule has 1 aromatic carbocycles. The van der Waals surface area contributed by atoms with Crippen LogP contribution in [0, 0.1) is 0 Å². The molecule has 4 nitrogen and oxygen atoms in total. The Morgan fingerprint density at radius 1 is 1.16 bits per heavy atom. The van der Waals surface area contributed by atoms with Crippen molar-refractivity contribution in [1.29, 1.82) is 0 Å². The highest BCUT2D eigenvalue weighted by molar-refractivity contribution is 5.95. The zero-order valence-electron chi connectivity index (χ0n) is 12.1. The third-order valence-electron chi connectivity index (χ3n) is 2.76. The lowest BCUT2D eigenvalue weighted by Crippen LogP contribution is -2.32. The van der Waals surface area contributed by atoms with Crippen molar-refractivity contribution in [2.24, 2.45) is 0 Å². The lowest BCUT2D eigenvalue weighted by molar-refractivity contribution is 0.0755. The maximum Gasteiger partial charge on any atom is 0.254 e. The fourth-order valence-electron chi connectivity index (χ4n) is 2.03. The number of benzene rings is 1. The zero-order chi connectivity index (χ0) is 14.3. The predicted octanol–water partition coefficient (Wildman–Crippen LogP) is 2.93. The molecule has 0 saturated heterocycles. The van der Waals surface area contributed by atoms with Gasteiger partial charge in [-0.25, -0.2) is 0 Å². The number of carbonyl (C=O) groups is 1. The quantitative estimate of drug-likeness (QED) is 0.770. The Bertz CT molecular complexity index is 413. The summed E-state index contributed by atoms with van der Waals surface area (Å²) < 4.78 is 5.43. The highest BCUT2D eigenvalue weighted by Gasteiger charge is 2.15. The molecule has 0 aliphatic heterocycles. The molecule has 0 radical (unpaired) electrons. The summed E-state index contributed by atoms with van der Waals surface area (Å²) in [5.74, 6) is 0.677. The molecular formula is C15H24N2O2. The molecule has 0 bridgehead atoms. The van der Waals surface area contributed by atoms with E-state index in [9.17, 15) is 4.79 Å². The van der Waals surface area contributed by atoms with Gasteiger partial charge in [-0.2, -0.15) is 0 Å². The molecule has 0 aliphatic rings. The Kier molecular flexibility index (Phi) is 6.19. The average molecular weight is 264 g/mol. The number of nitrogen functional groups attached to an aromatic ring is 1. The number of carbonyl (C=O) groups excluding carboxylic acids is 1. The molecule has 0 spiro atoms. The van der Waals surface area contributed by atoms with Crippen LogP contribution in [-0.2, 0) is 0 Å². The molecule has 0 atom stereocenters. The maximum absolute atomic E-state index is 12.4. The van der Waals surface area contributed by atoms with Gasteiger partial charge >= 0.3 is 0 Å². The van der Waals surface area contributed by atoms with Gasteiger partial charge in [-0.1, -0.05) is 13.8 Å². The van der Waals surface area contributed by atoms with Gasteiger partial charge in [0.25, 0.3) is 5.91 Å². The molecule has 19 heavy (non-hydrogen) atoms. The number of anilines is 1. The van der Waals surface area contributed by atoms with Crippen molar-refractivity contribution in [3.05, 3.63) is 23.8 Å². The highest BCUT2D eigenvalue weighted by Crippen LogP contribution is 2.20. The number of rotatable bonds is 7. The molecule has 2 N–H and O–H groups in total. The smallest absolute Gasteiger partial charge is 0.254 e. The molecule has 106 valence electrons. The van der Waals surface area contributed by atoms with Crippen molar-refractivity contribution in [1.82, 2.24) is 4.90 Å². The largest absolute Gasteiger partial charge is 0.494 e. The molecule has 0 aliphatic carbocycles. The van der Waals surface area contributed by atoms with Gasteiger partial charge in [0, 0.05) is 30.4 Å². The van der Waals surface area contributed by atoms with E-state index in [2.05, 4.69) is 13.8 Å². The van der Waals surface area contributed by atoms with Crippen molar-refractivity contribution < 1.29 is 9.53 Å². The molecule has 0 fully saturated rings. The van der Waals surface area contributed by atoms with E-state index in [1.807, 2.05) is 11.8 Å². The van der Waals surface area contributed by atoms with E-state index in [0.29, 0.717) is 23.6 Å². The predicted molar refractivity (Wildman–Crippen MR) is 78.5 cm³/mol. The summed E-state index contributed by atoms with van der Waals surface area (Å²) >= 11 is 0. The van der Waals surface area contributed by atoms with Gasteiger partial charge in [0.15, 0.2) is 0 Å². The minimum atomic E-state index is 0.0250. The lowest BCUT2D eigenvalue weighted by Gasteiger charge is -2.22. The first kappa shape index (κ1) is 15.3. The molecule has 1 amide bonds. The first-order chi connectivity index (χ1) is 9.12. The summed E-state index contributed by atoms with van der Waals surface area (Å²) in [4.78, 5) is 14.3. The van der Waals surface area contributed by atoms with Crippen LogP contribution in [0.15, 0.2) is 18.2 Å². The Hall–Kier alpha value is -1.71. The third-order valence-corrected chi connectivity index (χ3v) is 2.76. The number of ether oxygens (including phenoxy) is 1. The monoisotopic (exact) mass is 264 g/mol. The summed E-state index contributed by atoms with van der Waals surface area (Å²) in [5, 5.41) is 0. The third kappa shape index (κ3) is 4.47. The SMILES string of the molecule is CCCN(CCC)C(=O)c1cc(N)cc(OCC)c1. The topological polar surface area (TPSA) is 55.6 Å². The summed E-state index contributed by atoms with van der Waals surface area (Å²) in [7, 11) is 0. The molecule has 4 heteroatoms. The molecule has 1 rings (SSSR count). The van der Waals surface area contributed by atoms with E-state index in [1.54, 1.807) is 18.2 Å². The van der Waals surface area contributed by atoms with E-state index in [0.717, 1.165) is 25.9 Å². The second-order valence-corrected chi connectivity index (χ2v) is 4.52. The minimum absolute atomic E-state index is 0.0250. The first-order valence-electron chi connectivity index (χ1n) is 6.95. The molecule has 0 saturated carbocycles. The average Bonchev–Trinajstić information content (AvgIpc) is 2.37. The van der Waals surface area contributed by atoms with Crippen LogP contribution in [0.2, 0.25) is 0 Å². The maximum atomic E-state index is 12.4. The van der Waals surface area contributed by atoms with Crippen molar-refractivity contribution in [3.63, 3.8) is 0 Å². The summed E-state index contributed by atoms with van der Waals surface area (Å²) in [6, 6.07) is 5.22. The summed E-state index contributed by atoms with van der Waals surface area (Å²) in [6.07, 6.45) is 1.90. The van der Waals surface area contributed by atoms with Crippen molar-refractivity contribution in [2.75, 3.05) is 25.4 Å². The Morgan fingerprint density at radius 3 is 2.32 bits per heavy atom. The van der Waals surface area contributed by atoms with Gasteiger partial charge in [-0.15, -0.1) is 0 Å². The van der Waals surface area contributed by atoms with Crippen LogP contribution in [0.4, 0.5) is 5.69 Å². The van der Waals surface area contributed by atoms with Gasteiger partial charge in [-0.3, -0.25) is 4.79 Å². The fraction of sp³-hybridized carbons (Fsp3) is 0.533. The van der Waals surface area contributed by atoms with Gasteiger partial charge in [0.05, 0.1) is 6.61 Å². The number of nitrogens with two attached hydrogens (primary N) is 1. The van der Waals surface area contributed by atoms with Crippen molar-refractivity contribution in [2.45, 2.75) is 33.6 Å². The molecule has 1 aromatic rings. The van der Waals surface area contributed by atoms with Crippen LogP contribution in [0.1, 0.15) is 44.0 Å². The highest BCUT2D eigenvalue weighted by atomic mass is 16.5. The van der Waals surface area contributed by atoms with Crippen LogP contribution in [0.3, 0.4) is 0 Å². The zero-order valence-corrected chi connectivity index (χ0v) is 12.1. The Balaban J connectivity index is 2.95. The number of nitrogens with zero attached hydrogens (tertiary/aromatic N) is 1. The van der Waals surface area contributed by atoms with Gasteiger partial charge in [0.1, 0.15) is 5.75 Å². The van der Waals surface area contributed by atoms with Crippen molar-refractivity contribution in [3.8, 4) is 5.75 Å². The molecule has 0 heterocycles. The number of hydrogen-bond acceptors (Lipinski definition) is 3. The van der Waals surface area contributed by atoms with Gasteiger partial charge < -0.3 is 15.4 Å². The normalized spacial score (nSPS) is 10.3. The number of hydrogen-bond donors (Lipinski definition) is 1. The van der Waals surface area contributed by atoms with Crippen molar-refractivity contribution >= 4 is 11.6 Å². The van der Waals surface area contributed by atoms with Crippen LogP contribution in [-0.4, -0.2) is 30.5 Å². The molecular weight excluding hydrogens is 240 g/mol. The minimum Gasteiger partial charge on any atom is -0.494 e. The van der Waals surface area contributed by atoms with Crippen LogP contribution in [0.25, 0.3) is 0 Å². The van der Waals surface area contributed by atoms with Crippen LogP contribution in [0.5, 0.6) is 5.75 Å². The van der Waals surface area contributed by atoms with E-state index in [-0.39, 0.29) is 5.91 Å². The number of amides is 1. The van der Waals surface area contributed by atoms with Gasteiger partial charge in [-0.05, 0) is 31.9 Å². The Labute approximate surface area is 115 Å². The van der Waals surface area contributed by atoms with Gasteiger partial charge in [0.2, 0.25) is 0 Å². The molecule has 0 unspecified atom stereocenters. The second-order valence-electron chi connectivity index (χ2n) is 4.52. The van der Waals surface area contributed by atoms with E-state index in [4.69, 9.17) is 10.5 Å². The first-order valence-corrected chi connectivity index (χ1v) is 6.95. The van der Waals surface area contributed by atoms with E-state index >= 15 is 0 Å². The Morgan fingerprint density at radius 2 is 1.79 bits per heavy atom. The summed E-state index contributed by atoms with van der Waals surface area (Å²) in [6.45, 7) is 8.15. The van der Waals surface area contributed by atoms with Crippen LogP contribution >= 0.6 is 0 Å². The fourth-order valence-corrected chi connectivity index (χ4v) is 2.03.